The minimum atomic E-state index is -0.518. The van der Waals surface area contributed by atoms with Crippen LogP contribution in [0.5, 0.6) is 5.75 Å². The highest BCUT2D eigenvalue weighted by Crippen LogP contribution is 2.30. The second-order valence-corrected chi connectivity index (χ2v) is 7.14. The number of rotatable bonds is 6. The van der Waals surface area contributed by atoms with Gasteiger partial charge < -0.3 is 10.4 Å². The molecule has 1 atom stereocenters. The van der Waals surface area contributed by atoms with E-state index >= 15 is 0 Å². The molecule has 0 fully saturated rings. The van der Waals surface area contributed by atoms with E-state index in [1.54, 1.807) is 36.0 Å². The molecule has 1 heterocycles. The van der Waals surface area contributed by atoms with Crippen molar-refractivity contribution in [2.75, 3.05) is 0 Å². The second kappa shape index (κ2) is 8.21. The molecular formula is C21H23FN4O2. The zero-order valence-electron chi connectivity index (χ0n) is 16.1. The maximum atomic E-state index is 13.2. The van der Waals surface area contributed by atoms with Crippen LogP contribution in [-0.4, -0.2) is 25.8 Å². The Labute approximate surface area is 163 Å². The smallest absolute Gasteiger partial charge is 0.251 e. The number of hydrogen-bond acceptors (Lipinski definition) is 4. The Kier molecular flexibility index (Phi) is 5.73. The molecular weight excluding hydrogens is 359 g/mol. The lowest BCUT2D eigenvalue weighted by atomic mass is 10.0. The highest BCUT2D eigenvalue weighted by Gasteiger charge is 2.21. The van der Waals surface area contributed by atoms with Gasteiger partial charge in [-0.15, -0.1) is 0 Å². The van der Waals surface area contributed by atoms with Gasteiger partial charge in [-0.3, -0.25) is 9.48 Å². The number of phenolic OH excluding ortho intramolecular Hbond substituents is 1. The van der Waals surface area contributed by atoms with Crippen LogP contribution in [0.25, 0.3) is 11.1 Å². The number of benzene rings is 2. The molecule has 0 saturated heterocycles. The molecule has 0 unspecified atom stereocenters. The molecule has 0 bridgehead atoms. The third kappa shape index (κ3) is 4.36. The fourth-order valence-electron chi connectivity index (χ4n) is 3.14. The van der Waals surface area contributed by atoms with E-state index in [1.807, 2.05) is 0 Å². The minimum Gasteiger partial charge on any atom is -0.507 e. The molecule has 0 aliphatic rings. The number of carbonyl (C=O) groups excluding carboxylic acids is 1. The lowest BCUT2D eigenvalue weighted by Gasteiger charge is -2.20. The van der Waals surface area contributed by atoms with Crippen molar-refractivity contribution in [1.82, 2.24) is 20.1 Å². The number of phenols is 1. The fourth-order valence-corrected chi connectivity index (χ4v) is 3.14. The molecule has 0 saturated carbocycles. The monoisotopic (exact) mass is 382 g/mol. The molecule has 2 aromatic carbocycles. The Morgan fingerprint density at radius 3 is 2.68 bits per heavy atom. The molecule has 0 aliphatic heterocycles. The summed E-state index contributed by atoms with van der Waals surface area (Å²) in [5, 5.41) is 17.1. The molecule has 28 heavy (non-hydrogen) atoms. The molecule has 1 aromatic heterocycles. The zero-order valence-corrected chi connectivity index (χ0v) is 16.1. The van der Waals surface area contributed by atoms with Crippen LogP contribution in [-0.2, 0) is 7.05 Å². The summed E-state index contributed by atoms with van der Waals surface area (Å²) in [5.41, 5.74) is 1.53. The van der Waals surface area contributed by atoms with Crippen LogP contribution in [0.2, 0.25) is 0 Å². The van der Waals surface area contributed by atoms with Gasteiger partial charge in [0.25, 0.3) is 5.91 Å². The van der Waals surface area contributed by atoms with Crippen LogP contribution in [0.15, 0.2) is 48.8 Å². The van der Waals surface area contributed by atoms with Gasteiger partial charge in [-0.2, -0.15) is 5.10 Å². The van der Waals surface area contributed by atoms with Gasteiger partial charge in [-0.1, -0.05) is 26.0 Å². The normalized spacial score (nSPS) is 12.2. The number of hydrogen-bond donors (Lipinski definition) is 2. The van der Waals surface area contributed by atoms with Gasteiger partial charge in [0.1, 0.15) is 23.7 Å². The van der Waals surface area contributed by atoms with E-state index < -0.39 is 5.82 Å². The van der Waals surface area contributed by atoms with Crippen LogP contribution in [0.4, 0.5) is 4.39 Å². The van der Waals surface area contributed by atoms with Crippen molar-refractivity contribution in [1.29, 1.82) is 0 Å². The predicted molar refractivity (Wildman–Crippen MR) is 104 cm³/mol. The Bertz CT molecular complexity index is 984. The van der Waals surface area contributed by atoms with Crippen molar-refractivity contribution in [2.45, 2.75) is 26.3 Å². The first-order chi connectivity index (χ1) is 13.3. The quantitative estimate of drug-likeness (QED) is 0.679. The summed E-state index contributed by atoms with van der Waals surface area (Å²) in [6, 6.07) is 10.4. The maximum absolute atomic E-state index is 13.2. The van der Waals surface area contributed by atoms with Crippen molar-refractivity contribution >= 4 is 5.91 Å². The second-order valence-electron chi connectivity index (χ2n) is 7.14. The molecule has 6 nitrogen and oxygen atoms in total. The van der Waals surface area contributed by atoms with E-state index in [0.29, 0.717) is 28.4 Å². The van der Waals surface area contributed by atoms with E-state index in [4.69, 9.17) is 0 Å². The van der Waals surface area contributed by atoms with E-state index in [1.165, 1.54) is 18.5 Å². The molecule has 7 heteroatoms. The Morgan fingerprint density at radius 1 is 1.25 bits per heavy atom. The Morgan fingerprint density at radius 2 is 2.04 bits per heavy atom. The number of carbonyl (C=O) groups is 1. The predicted octanol–water partition coefficient (Wildman–Crippen LogP) is 3.84. The summed E-state index contributed by atoms with van der Waals surface area (Å²) in [6.45, 7) is 4.15. The van der Waals surface area contributed by atoms with Crippen molar-refractivity contribution in [3.8, 4) is 16.9 Å². The summed E-state index contributed by atoms with van der Waals surface area (Å²) >= 11 is 0. The van der Waals surface area contributed by atoms with Gasteiger partial charge in [0.2, 0.25) is 0 Å². The van der Waals surface area contributed by atoms with Gasteiger partial charge in [0.05, 0.1) is 6.04 Å². The summed E-state index contributed by atoms with van der Waals surface area (Å²) in [7, 11) is 1.79. The first kappa shape index (κ1) is 19.5. The van der Waals surface area contributed by atoms with Gasteiger partial charge in [-0.05, 0) is 42.2 Å². The van der Waals surface area contributed by atoms with E-state index in [0.717, 1.165) is 12.5 Å². The van der Waals surface area contributed by atoms with E-state index in [2.05, 4.69) is 29.2 Å². The van der Waals surface area contributed by atoms with Crippen molar-refractivity contribution in [3.05, 3.63) is 66.0 Å². The SMILES string of the molecule is CC(C)C[C@H](NC(=O)c1cccc(-c2ccc(F)cc2O)c1)c1ncnn1C. The maximum Gasteiger partial charge on any atom is 0.251 e. The molecule has 3 aromatic rings. The highest BCUT2D eigenvalue weighted by molar-refractivity contribution is 5.95. The third-order valence-electron chi connectivity index (χ3n) is 4.47. The van der Waals surface area contributed by atoms with Gasteiger partial charge in [-0.25, -0.2) is 9.37 Å². The number of aryl methyl sites for hydroxylation is 1. The minimum absolute atomic E-state index is 0.172. The van der Waals surface area contributed by atoms with Crippen LogP contribution in [0, 0.1) is 11.7 Å². The zero-order chi connectivity index (χ0) is 20.3. The number of amides is 1. The lowest BCUT2D eigenvalue weighted by molar-refractivity contribution is 0.0929. The summed E-state index contributed by atoms with van der Waals surface area (Å²) < 4.78 is 14.9. The molecule has 1 amide bonds. The number of nitrogens with one attached hydrogen (secondary N) is 1. The molecule has 3 rings (SSSR count). The van der Waals surface area contributed by atoms with Gasteiger partial charge >= 0.3 is 0 Å². The molecule has 0 aliphatic carbocycles. The first-order valence-corrected chi connectivity index (χ1v) is 9.09. The van der Waals surface area contributed by atoms with Gasteiger partial charge in [0, 0.05) is 24.2 Å². The van der Waals surface area contributed by atoms with E-state index in [9.17, 15) is 14.3 Å². The largest absolute Gasteiger partial charge is 0.507 e. The molecule has 146 valence electrons. The first-order valence-electron chi connectivity index (χ1n) is 9.09. The average Bonchev–Trinajstić information content (AvgIpc) is 3.07. The molecule has 2 N–H and O–H groups in total. The Balaban J connectivity index is 1.86. The average molecular weight is 382 g/mol. The number of aromatic nitrogens is 3. The topological polar surface area (TPSA) is 80.0 Å². The van der Waals surface area contributed by atoms with Crippen LogP contribution >= 0.6 is 0 Å². The van der Waals surface area contributed by atoms with Crippen molar-refractivity contribution in [3.63, 3.8) is 0 Å². The number of nitrogens with zero attached hydrogens (tertiary/aromatic N) is 3. The summed E-state index contributed by atoms with van der Waals surface area (Å²) in [6.07, 6.45) is 2.18. The van der Waals surface area contributed by atoms with Gasteiger partial charge in [0.15, 0.2) is 0 Å². The van der Waals surface area contributed by atoms with Crippen LogP contribution in [0.1, 0.15) is 42.5 Å². The fraction of sp³-hybridized carbons (Fsp3) is 0.286. The molecule has 0 radical (unpaired) electrons. The molecule has 0 spiro atoms. The summed E-state index contributed by atoms with van der Waals surface area (Å²) in [4.78, 5) is 17.1. The third-order valence-corrected chi connectivity index (χ3v) is 4.47. The van der Waals surface area contributed by atoms with Crippen molar-refractivity contribution < 1.29 is 14.3 Å². The lowest BCUT2D eigenvalue weighted by Crippen LogP contribution is -2.31. The number of aromatic hydroxyl groups is 1. The number of halogens is 1. The van der Waals surface area contributed by atoms with Crippen LogP contribution < -0.4 is 5.32 Å². The summed E-state index contributed by atoms with van der Waals surface area (Å²) in [5.74, 6) is 0.0978. The standard InChI is InChI=1S/C21H23FN4O2/c1-13(2)9-18(20-23-12-24-26(20)3)25-21(28)15-6-4-5-14(10-15)17-8-7-16(22)11-19(17)27/h4-8,10-13,18,27H,9H2,1-3H3,(H,25,28)/t18-/m0/s1. The highest BCUT2D eigenvalue weighted by atomic mass is 19.1. The Hall–Kier alpha value is -3.22. The van der Waals surface area contributed by atoms with E-state index in [-0.39, 0.29) is 17.7 Å². The van der Waals surface area contributed by atoms with Crippen molar-refractivity contribution in [2.24, 2.45) is 13.0 Å². The van der Waals surface area contributed by atoms with Crippen LogP contribution in [0.3, 0.4) is 0 Å².